The number of alkyl halides is 3. The third-order valence-corrected chi connectivity index (χ3v) is 4.13. The SMILES string of the molecule is CCCCCCCCCCN(C)C(=O)c1cccc(C(F)(F)F)c1. The average molecular weight is 343 g/mol. The zero-order valence-electron chi connectivity index (χ0n) is 14.7. The van der Waals surface area contributed by atoms with Crippen LogP contribution in [0, 0.1) is 0 Å². The van der Waals surface area contributed by atoms with Gasteiger partial charge >= 0.3 is 6.18 Å². The molecule has 0 atom stereocenters. The van der Waals surface area contributed by atoms with E-state index in [2.05, 4.69) is 6.92 Å². The van der Waals surface area contributed by atoms with Crippen molar-refractivity contribution in [3.05, 3.63) is 35.4 Å². The second-order valence-electron chi connectivity index (χ2n) is 6.28. The number of rotatable bonds is 10. The Bertz CT molecular complexity index is 500. The summed E-state index contributed by atoms with van der Waals surface area (Å²) < 4.78 is 38.1. The predicted molar refractivity (Wildman–Crippen MR) is 91.0 cm³/mol. The van der Waals surface area contributed by atoms with Gasteiger partial charge in [-0.05, 0) is 24.6 Å². The standard InChI is InChI=1S/C19H28F3NO/c1-3-4-5-6-7-8-9-10-14-23(2)18(24)16-12-11-13-17(15-16)19(20,21)22/h11-13,15H,3-10,14H2,1-2H3. The maximum atomic E-state index is 12.7. The van der Waals surface area contributed by atoms with Crippen LogP contribution in [0.2, 0.25) is 0 Å². The minimum Gasteiger partial charge on any atom is -0.342 e. The van der Waals surface area contributed by atoms with Gasteiger partial charge in [0.15, 0.2) is 0 Å². The van der Waals surface area contributed by atoms with Crippen molar-refractivity contribution in [1.82, 2.24) is 4.90 Å². The second kappa shape index (κ2) is 10.4. The highest BCUT2D eigenvalue weighted by Crippen LogP contribution is 2.29. The lowest BCUT2D eigenvalue weighted by Gasteiger charge is -2.18. The maximum absolute atomic E-state index is 12.7. The molecule has 0 N–H and O–H groups in total. The van der Waals surface area contributed by atoms with Gasteiger partial charge in [0, 0.05) is 19.2 Å². The summed E-state index contributed by atoms with van der Waals surface area (Å²) >= 11 is 0. The molecule has 1 aromatic rings. The Balaban J connectivity index is 2.35. The number of carbonyl (C=O) groups is 1. The van der Waals surface area contributed by atoms with E-state index in [1.807, 2.05) is 0 Å². The molecule has 0 aromatic heterocycles. The highest BCUT2D eigenvalue weighted by molar-refractivity contribution is 5.94. The topological polar surface area (TPSA) is 20.3 Å². The summed E-state index contributed by atoms with van der Waals surface area (Å²) in [5.74, 6) is -0.357. The minimum absolute atomic E-state index is 0.0897. The molecule has 0 aliphatic rings. The van der Waals surface area contributed by atoms with Crippen molar-refractivity contribution in [3.63, 3.8) is 0 Å². The number of benzene rings is 1. The van der Waals surface area contributed by atoms with E-state index in [-0.39, 0.29) is 11.5 Å². The third-order valence-electron chi connectivity index (χ3n) is 4.13. The summed E-state index contributed by atoms with van der Waals surface area (Å²) in [6.45, 7) is 2.77. The molecule has 0 fully saturated rings. The van der Waals surface area contributed by atoms with Crippen LogP contribution in [0.3, 0.4) is 0 Å². The van der Waals surface area contributed by atoms with Crippen molar-refractivity contribution in [2.45, 2.75) is 64.5 Å². The molecule has 1 aromatic carbocycles. The Kier molecular flexibility index (Phi) is 8.87. The maximum Gasteiger partial charge on any atom is 0.416 e. The molecule has 0 aliphatic carbocycles. The van der Waals surface area contributed by atoms with Gasteiger partial charge in [0.1, 0.15) is 0 Å². The molecule has 1 amide bonds. The number of unbranched alkanes of at least 4 members (excludes halogenated alkanes) is 7. The van der Waals surface area contributed by atoms with Crippen molar-refractivity contribution in [1.29, 1.82) is 0 Å². The number of nitrogens with zero attached hydrogens (tertiary/aromatic N) is 1. The Hall–Kier alpha value is -1.52. The predicted octanol–water partition coefficient (Wildman–Crippen LogP) is 5.92. The molecule has 0 radical (unpaired) electrons. The molecule has 24 heavy (non-hydrogen) atoms. The van der Waals surface area contributed by atoms with E-state index in [9.17, 15) is 18.0 Å². The molecule has 0 heterocycles. The van der Waals surface area contributed by atoms with E-state index < -0.39 is 11.7 Å². The van der Waals surface area contributed by atoms with Crippen LogP contribution >= 0.6 is 0 Å². The molecule has 0 saturated heterocycles. The summed E-state index contributed by atoms with van der Waals surface area (Å²) in [7, 11) is 1.64. The first kappa shape index (κ1) is 20.5. The fraction of sp³-hybridized carbons (Fsp3) is 0.632. The van der Waals surface area contributed by atoms with Gasteiger partial charge in [-0.1, -0.05) is 57.9 Å². The normalized spacial score (nSPS) is 11.5. The van der Waals surface area contributed by atoms with Crippen molar-refractivity contribution < 1.29 is 18.0 Å². The van der Waals surface area contributed by atoms with E-state index in [0.29, 0.717) is 6.54 Å². The molecule has 5 heteroatoms. The van der Waals surface area contributed by atoms with Crippen molar-refractivity contribution in [2.24, 2.45) is 0 Å². The number of carbonyl (C=O) groups excluding carboxylic acids is 1. The quantitative estimate of drug-likeness (QED) is 0.483. The molecule has 0 saturated carbocycles. The molecule has 0 bridgehead atoms. The average Bonchev–Trinajstić information content (AvgIpc) is 2.55. The lowest BCUT2D eigenvalue weighted by atomic mass is 10.1. The van der Waals surface area contributed by atoms with Crippen LogP contribution in [-0.2, 0) is 6.18 Å². The van der Waals surface area contributed by atoms with Gasteiger partial charge in [0.2, 0.25) is 0 Å². The summed E-state index contributed by atoms with van der Waals surface area (Å²) in [6.07, 6.45) is 4.93. The number of amides is 1. The zero-order chi connectivity index (χ0) is 18.0. The number of halogens is 3. The van der Waals surface area contributed by atoms with Crippen LogP contribution in [0.4, 0.5) is 13.2 Å². The molecule has 0 aliphatic heterocycles. The lowest BCUT2D eigenvalue weighted by Crippen LogP contribution is -2.28. The summed E-state index contributed by atoms with van der Waals surface area (Å²) in [6, 6.07) is 4.61. The van der Waals surface area contributed by atoms with Crippen LogP contribution in [0.5, 0.6) is 0 Å². The van der Waals surface area contributed by atoms with Crippen LogP contribution in [0.1, 0.15) is 74.2 Å². The Morgan fingerprint density at radius 2 is 1.58 bits per heavy atom. The summed E-state index contributed by atoms with van der Waals surface area (Å²) in [5.41, 5.74) is -0.694. The van der Waals surface area contributed by atoms with E-state index in [1.54, 1.807) is 7.05 Å². The van der Waals surface area contributed by atoms with Crippen LogP contribution in [0.15, 0.2) is 24.3 Å². The smallest absolute Gasteiger partial charge is 0.342 e. The van der Waals surface area contributed by atoms with Crippen LogP contribution < -0.4 is 0 Å². The van der Waals surface area contributed by atoms with Gasteiger partial charge in [0.05, 0.1) is 5.56 Å². The minimum atomic E-state index is -4.42. The molecular formula is C19H28F3NO. The Labute approximate surface area is 143 Å². The lowest BCUT2D eigenvalue weighted by molar-refractivity contribution is -0.137. The Morgan fingerprint density at radius 3 is 2.17 bits per heavy atom. The van der Waals surface area contributed by atoms with E-state index >= 15 is 0 Å². The molecule has 0 spiro atoms. The summed E-state index contributed by atoms with van der Waals surface area (Å²) in [4.78, 5) is 13.7. The molecule has 2 nitrogen and oxygen atoms in total. The fourth-order valence-corrected chi connectivity index (χ4v) is 2.63. The molecule has 136 valence electrons. The van der Waals surface area contributed by atoms with Crippen LogP contribution in [0.25, 0.3) is 0 Å². The van der Waals surface area contributed by atoms with Gasteiger partial charge in [-0.25, -0.2) is 0 Å². The summed E-state index contributed by atoms with van der Waals surface area (Å²) in [5, 5.41) is 0. The molecule has 0 unspecified atom stereocenters. The zero-order valence-corrected chi connectivity index (χ0v) is 14.7. The largest absolute Gasteiger partial charge is 0.416 e. The van der Waals surface area contributed by atoms with Gasteiger partial charge in [0.25, 0.3) is 5.91 Å². The van der Waals surface area contributed by atoms with Crippen LogP contribution in [-0.4, -0.2) is 24.4 Å². The highest BCUT2D eigenvalue weighted by Gasteiger charge is 2.31. The van der Waals surface area contributed by atoms with Gasteiger partial charge in [-0.2, -0.15) is 13.2 Å². The fourth-order valence-electron chi connectivity index (χ4n) is 2.63. The molecular weight excluding hydrogens is 315 g/mol. The van der Waals surface area contributed by atoms with Crippen molar-refractivity contribution >= 4 is 5.91 Å². The third kappa shape index (κ3) is 7.37. The first-order chi connectivity index (χ1) is 11.4. The van der Waals surface area contributed by atoms with E-state index in [0.717, 1.165) is 31.4 Å². The monoisotopic (exact) mass is 343 g/mol. The van der Waals surface area contributed by atoms with E-state index in [4.69, 9.17) is 0 Å². The van der Waals surface area contributed by atoms with Gasteiger partial charge < -0.3 is 4.90 Å². The number of hydrogen-bond acceptors (Lipinski definition) is 1. The number of hydrogen-bond donors (Lipinski definition) is 0. The highest BCUT2D eigenvalue weighted by atomic mass is 19.4. The van der Waals surface area contributed by atoms with Crippen molar-refractivity contribution in [3.8, 4) is 0 Å². The van der Waals surface area contributed by atoms with Gasteiger partial charge in [-0.3, -0.25) is 4.79 Å². The molecule has 1 rings (SSSR count). The van der Waals surface area contributed by atoms with Gasteiger partial charge in [-0.15, -0.1) is 0 Å². The first-order valence-electron chi connectivity index (χ1n) is 8.79. The van der Waals surface area contributed by atoms with E-state index in [1.165, 1.54) is 49.1 Å². The second-order valence-corrected chi connectivity index (χ2v) is 6.28. The first-order valence-corrected chi connectivity index (χ1v) is 8.79. The van der Waals surface area contributed by atoms with Crippen molar-refractivity contribution in [2.75, 3.05) is 13.6 Å². The Morgan fingerprint density at radius 1 is 1.00 bits per heavy atom.